The summed E-state index contributed by atoms with van der Waals surface area (Å²) in [5.41, 5.74) is 4.93. The Labute approximate surface area is 182 Å². The van der Waals surface area contributed by atoms with E-state index in [0.717, 1.165) is 16.8 Å². The van der Waals surface area contributed by atoms with Crippen LogP contribution >= 0.6 is 0 Å². The summed E-state index contributed by atoms with van der Waals surface area (Å²) >= 11 is 0. The van der Waals surface area contributed by atoms with Gasteiger partial charge in [0.1, 0.15) is 0 Å². The maximum atomic E-state index is 12.8. The molecule has 0 aliphatic heterocycles. The lowest BCUT2D eigenvalue weighted by Gasteiger charge is -2.11. The largest absolute Gasteiger partial charge is 0.348 e. The summed E-state index contributed by atoms with van der Waals surface area (Å²) < 4.78 is 1.86. The predicted molar refractivity (Wildman–Crippen MR) is 122 cm³/mol. The molecule has 0 bridgehead atoms. The van der Waals surface area contributed by atoms with Crippen molar-refractivity contribution in [2.24, 2.45) is 0 Å². The molecule has 0 unspecified atom stereocenters. The minimum Gasteiger partial charge on any atom is -0.348 e. The van der Waals surface area contributed by atoms with Gasteiger partial charge in [0.25, 0.3) is 5.91 Å². The second kappa shape index (κ2) is 9.93. The fraction of sp³-hybridized carbons (Fsp3) is 0.292. The number of carbonyl (C=O) groups excluding carboxylic acids is 2. The first-order chi connectivity index (χ1) is 14.8. The Balaban J connectivity index is 1.60. The van der Waals surface area contributed by atoms with Gasteiger partial charge >= 0.3 is 6.03 Å². The number of benzene rings is 2. The van der Waals surface area contributed by atoms with Gasteiger partial charge < -0.3 is 16.0 Å². The number of anilines is 1. The van der Waals surface area contributed by atoms with Crippen LogP contribution in [0.15, 0.2) is 54.6 Å². The van der Waals surface area contributed by atoms with Crippen molar-refractivity contribution in [2.45, 2.75) is 46.8 Å². The molecule has 3 amide bonds. The summed E-state index contributed by atoms with van der Waals surface area (Å²) in [6.07, 6.45) is 0. The number of amides is 3. The van der Waals surface area contributed by atoms with Crippen molar-refractivity contribution in [2.75, 3.05) is 5.32 Å². The van der Waals surface area contributed by atoms with Crippen molar-refractivity contribution in [3.63, 3.8) is 0 Å². The number of rotatable bonds is 7. The fourth-order valence-electron chi connectivity index (χ4n) is 3.34. The molecule has 0 atom stereocenters. The molecule has 0 radical (unpaired) electrons. The number of aromatic nitrogens is 2. The first-order valence-corrected chi connectivity index (χ1v) is 10.4. The van der Waals surface area contributed by atoms with Gasteiger partial charge in [-0.1, -0.05) is 42.5 Å². The van der Waals surface area contributed by atoms with E-state index in [-0.39, 0.29) is 18.0 Å². The first kappa shape index (κ1) is 22.1. The molecule has 7 nitrogen and oxygen atoms in total. The first-order valence-electron chi connectivity index (χ1n) is 10.4. The van der Waals surface area contributed by atoms with Crippen molar-refractivity contribution in [3.8, 4) is 0 Å². The maximum absolute atomic E-state index is 12.8. The Morgan fingerprint density at radius 1 is 0.968 bits per heavy atom. The summed E-state index contributed by atoms with van der Waals surface area (Å²) in [5.74, 6) is -0.146. The maximum Gasteiger partial charge on any atom is 0.319 e. The van der Waals surface area contributed by atoms with Crippen LogP contribution in [-0.4, -0.2) is 27.8 Å². The zero-order chi connectivity index (χ0) is 22.4. The summed E-state index contributed by atoms with van der Waals surface area (Å²) in [7, 11) is 0. The molecule has 162 valence electrons. The monoisotopic (exact) mass is 419 g/mol. The van der Waals surface area contributed by atoms with E-state index >= 15 is 0 Å². The normalized spacial score (nSPS) is 10.7. The molecule has 0 saturated carbocycles. The Hall–Kier alpha value is -3.61. The number of carbonyl (C=O) groups is 2. The molecule has 3 aromatic rings. The second-order valence-corrected chi connectivity index (χ2v) is 7.82. The fourth-order valence-corrected chi connectivity index (χ4v) is 3.34. The molecule has 0 saturated heterocycles. The number of nitrogens with zero attached hydrogens (tertiary/aromatic N) is 2. The van der Waals surface area contributed by atoms with Crippen molar-refractivity contribution in [1.29, 1.82) is 0 Å². The summed E-state index contributed by atoms with van der Waals surface area (Å²) in [6.45, 7) is 8.59. The van der Waals surface area contributed by atoms with Gasteiger partial charge in [0.15, 0.2) is 0 Å². The van der Waals surface area contributed by atoms with Crippen molar-refractivity contribution in [3.05, 3.63) is 82.7 Å². The van der Waals surface area contributed by atoms with E-state index in [2.05, 4.69) is 21.0 Å². The molecule has 1 heterocycles. The molecular weight excluding hydrogens is 390 g/mol. The average molecular weight is 420 g/mol. The van der Waals surface area contributed by atoms with E-state index in [1.54, 1.807) is 0 Å². The Kier molecular flexibility index (Phi) is 7.07. The van der Waals surface area contributed by atoms with Crippen LogP contribution in [0.25, 0.3) is 0 Å². The lowest BCUT2D eigenvalue weighted by atomic mass is 10.1. The van der Waals surface area contributed by atoms with Crippen LogP contribution in [0.3, 0.4) is 0 Å². The molecule has 3 N–H and O–H groups in total. The highest BCUT2D eigenvalue weighted by molar-refractivity contribution is 5.96. The molecule has 2 aromatic carbocycles. The molecule has 3 rings (SSSR count). The van der Waals surface area contributed by atoms with E-state index in [4.69, 9.17) is 0 Å². The third-order valence-electron chi connectivity index (χ3n) is 4.87. The molecule has 0 aliphatic rings. The topological polar surface area (TPSA) is 88.1 Å². The van der Waals surface area contributed by atoms with Gasteiger partial charge in [-0.2, -0.15) is 5.10 Å². The lowest BCUT2D eigenvalue weighted by Crippen LogP contribution is -2.34. The predicted octanol–water partition coefficient (Wildman–Crippen LogP) is 4.01. The molecule has 0 spiro atoms. The Bertz CT molecular complexity index is 1040. The second-order valence-electron chi connectivity index (χ2n) is 7.82. The van der Waals surface area contributed by atoms with Crippen LogP contribution in [0.2, 0.25) is 0 Å². The highest BCUT2D eigenvalue weighted by atomic mass is 16.2. The Morgan fingerprint density at radius 2 is 1.65 bits per heavy atom. The van der Waals surface area contributed by atoms with Crippen LogP contribution in [0.1, 0.15) is 46.7 Å². The molecule has 0 fully saturated rings. The quantitative estimate of drug-likeness (QED) is 0.541. The van der Waals surface area contributed by atoms with Gasteiger partial charge in [-0.3, -0.25) is 9.48 Å². The minimum atomic E-state index is -0.241. The molecule has 0 aliphatic carbocycles. The Morgan fingerprint density at radius 3 is 2.29 bits per heavy atom. The van der Waals surface area contributed by atoms with Crippen molar-refractivity contribution >= 4 is 17.6 Å². The van der Waals surface area contributed by atoms with Crippen molar-refractivity contribution < 1.29 is 9.59 Å². The van der Waals surface area contributed by atoms with E-state index < -0.39 is 0 Å². The minimum absolute atomic E-state index is 0.0680. The molecule has 31 heavy (non-hydrogen) atoms. The van der Waals surface area contributed by atoms with E-state index in [1.165, 1.54) is 0 Å². The van der Waals surface area contributed by atoms with E-state index in [1.807, 2.05) is 87.0 Å². The highest BCUT2D eigenvalue weighted by Gasteiger charge is 2.18. The zero-order valence-corrected chi connectivity index (χ0v) is 18.4. The van der Waals surface area contributed by atoms with Crippen LogP contribution in [-0.2, 0) is 13.1 Å². The standard InChI is InChI=1S/C24H29N5O2/c1-16(2)26-24(31)27-21-12-10-19(11-13-21)14-25-23(30)22-17(3)28-29(18(22)4)15-20-8-6-5-7-9-20/h5-13,16H,14-15H2,1-4H3,(H,25,30)(H2,26,27,31). The van der Waals surface area contributed by atoms with Crippen molar-refractivity contribution in [1.82, 2.24) is 20.4 Å². The SMILES string of the molecule is Cc1nn(Cc2ccccc2)c(C)c1C(=O)NCc1ccc(NC(=O)NC(C)C)cc1. The van der Waals surface area contributed by atoms with Crippen LogP contribution in [0.5, 0.6) is 0 Å². The zero-order valence-electron chi connectivity index (χ0n) is 18.4. The van der Waals surface area contributed by atoms with Crippen LogP contribution in [0.4, 0.5) is 10.5 Å². The van der Waals surface area contributed by atoms with Crippen LogP contribution < -0.4 is 16.0 Å². The van der Waals surface area contributed by atoms with Gasteiger partial charge in [0.2, 0.25) is 0 Å². The molecule has 7 heteroatoms. The van der Waals surface area contributed by atoms with Gasteiger partial charge in [-0.05, 0) is 51.0 Å². The van der Waals surface area contributed by atoms with Gasteiger partial charge in [-0.15, -0.1) is 0 Å². The highest BCUT2D eigenvalue weighted by Crippen LogP contribution is 2.16. The number of aryl methyl sites for hydroxylation is 1. The number of nitrogens with one attached hydrogen (secondary N) is 3. The molecule has 1 aromatic heterocycles. The molecular formula is C24H29N5O2. The number of hydrogen-bond acceptors (Lipinski definition) is 3. The lowest BCUT2D eigenvalue weighted by molar-refractivity contribution is 0.0949. The van der Waals surface area contributed by atoms with Gasteiger partial charge in [0, 0.05) is 24.0 Å². The number of hydrogen-bond donors (Lipinski definition) is 3. The summed E-state index contributed by atoms with van der Waals surface area (Å²) in [6, 6.07) is 17.3. The van der Waals surface area contributed by atoms with Crippen LogP contribution in [0, 0.1) is 13.8 Å². The third kappa shape index (κ3) is 5.94. The van der Waals surface area contributed by atoms with E-state index in [0.29, 0.717) is 30.0 Å². The smallest absolute Gasteiger partial charge is 0.319 e. The van der Waals surface area contributed by atoms with Gasteiger partial charge in [-0.25, -0.2) is 4.79 Å². The third-order valence-corrected chi connectivity index (χ3v) is 4.87. The summed E-state index contributed by atoms with van der Waals surface area (Å²) in [5, 5.41) is 13.1. The number of urea groups is 1. The van der Waals surface area contributed by atoms with E-state index in [9.17, 15) is 9.59 Å². The summed E-state index contributed by atoms with van der Waals surface area (Å²) in [4.78, 5) is 24.6. The average Bonchev–Trinajstić information content (AvgIpc) is 3.00. The van der Waals surface area contributed by atoms with Gasteiger partial charge in [0.05, 0.1) is 17.8 Å².